The van der Waals surface area contributed by atoms with Crippen molar-refractivity contribution < 1.29 is 14.7 Å². The molecule has 0 fully saturated rings. The molecule has 7 nitrogen and oxygen atoms in total. The van der Waals surface area contributed by atoms with E-state index in [4.69, 9.17) is 5.11 Å². The summed E-state index contributed by atoms with van der Waals surface area (Å²) in [4.78, 5) is 23.1. The number of nitrogens with zero attached hydrogens (tertiary/aromatic N) is 3. The number of nitrogens with one attached hydrogen (secondary N) is 1. The Balaban J connectivity index is 2.19. The third-order valence-corrected chi connectivity index (χ3v) is 4.47. The Morgan fingerprint density at radius 1 is 1.25 bits per heavy atom. The molecule has 1 atom stereocenters. The fourth-order valence-corrected chi connectivity index (χ4v) is 2.83. The van der Waals surface area contributed by atoms with E-state index in [1.54, 1.807) is 23.7 Å². The van der Waals surface area contributed by atoms with E-state index in [9.17, 15) is 9.59 Å². The van der Waals surface area contributed by atoms with Gasteiger partial charge in [0, 0.05) is 12.6 Å². The zero-order valence-corrected chi connectivity index (χ0v) is 14.6. The molecule has 2 N–H and O–H groups in total. The van der Waals surface area contributed by atoms with Crippen molar-refractivity contribution in [3.05, 3.63) is 41.7 Å². The van der Waals surface area contributed by atoms with Crippen molar-refractivity contribution in [2.75, 3.05) is 5.75 Å². The van der Waals surface area contributed by atoms with Gasteiger partial charge in [-0.25, -0.2) is 0 Å². The number of carbonyl (C=O) groups is 2. The zero-order valence-electron chi connectivity index (χ0n) is 13.8. The Bertz CT molecular complexity index is 715. The minimum atomic E-state index is -0.915. The van der Waals surface area contributed by atoms with Crippen LogP contribution in [0.5, 0.6) is 0 Å². The fraction of sp³-hybridized carbons (Fsp3) is 0.375. The third-order valence-electron chi connectivity index (χ3n) is 3.46. The van der Waals surface area contributed by atoms with Gasteiger partial charge in [-0.15, -0.1) is 10.2 Å². The largest absolute Gasteiger partial charge is 0.481 e. The van der Waals surface area contributed by atoms with Gasteiger partial charge in [0.15, 0.2) is 11.0 Å². The molecule has 0 aliphatic heterocycles. The van der Waals surface area contributed by atoms with Gasteiger partial charge in [-0.3, -0.25) is 9.59 Å². The van der Waals surface area contributed by atoms with Crippen LogP contribution in [0.2, 0.25) is 0 Å². The van der Waals surface area contributed by atoms with Crippen LogP contribution in [0.25, 0.3) is 0 Å². The minimum Gasteiger partial charge on any atom is -0.481 e. The first-order valence-corrected chi connectivity index (χ1v) is 8.48. The summed E-state index contributed by atoms with van der Waals surface area (Å²) in [6, 6.07) is 8.64. The third kappa shape index (κ3) is 4.35. The van der Waals surface area contributed by atoms with E-state index in [0.29, 0.717) is 16.5 Å². The van der Waals surface area contributed by atoms with E-state index in [2.05, 4.69) is 15.5 Å². The average Bonchev–Trinajstić information content (AvgIpc) is 2.91. The number of carboxylic acid groups (broad SMARTS) is 1. The van der Waals surface area contributed by atoms with Gasteiger partial charge < -0.3 is 15.0 Å². The van der Waals surface area contributed by atoms with Gasteiger partial charge in [0.05, 0.1) is 11.8 Å². The standard InChI is InChI=1S/C16H20N4O3S/c1-10(2)13(17-15(23)11-7-5-4-6-8-11)14-18-19-16(20(14)3)24-9-12(21)22/h4-8,10,13H,9H2,1-3H3,(H,17,23)(H,21,22). The van der Waals surface area contributed by atoms with Crippen molar-refractivity contribution in [3.63, 3.8) is 0 Å². The lowest BCUT2D eigenvalue weighted by Gasteiger charge is -2.21. The lowest BCUT2D eigenvalue weighted by molar-refractivity contribution is -0.133. The minimum absolute atomic E-state index is 0.0886. The van der Waals surface area contributed by atoms with Crippen LogP contribution in [0.3, 0.4) is 0 Å². The lowest BCUT2D eigenvalue weighted by atomic mass is 10.0. The van der Waals surface area contributed by atoms with E-state index in [1.807, 2.05) is 32.0 Å². The molecule has 1 amide bonds. The molecule has 0 radical (unpaired) electrons. The topological polar surface area (TPSA) is 97.1 Å². The first kappa shape index (κ1) is 18.0. The van der Waals surface area contributed by atoms with Crippen LogP contribution < -0.4 is 5.32 Å². The lowest BCUT2D eigenvalue weighted by Crippen LogP contribution is -2.33. The molecular formula is C16H20N4O3S. The molecular weight excluding hydrogens is 328 g/mol. The fourth-order valence-electron chi connectivity index (χ4n) is 2.19. The number of aliphatic carboxylic acids is 1. The number of hydrogen-bond acceptors (Lipinski definition) is 5. The molecule has 2 rings (SSSR count). The Morgan fingerprint density at radius 2 is 1.92 bits per heavy atom. The molecule has 0 aliphatic rings. The molecule has 2 aromatic rings. The number of benzene rings is 1. The molecule has 0 saturated carbocycles. The van der Waals surface area contributed by atoms with Crippen molar-refractivity contribution in [3.8, 4) is 0 Å². The summed E-state index contributed by atoms with van der Waals surface area (Å²) in [5.74, 6) is -0.492. The second-order valence-corrected chi connectivity index (χ2v) is 6.59. The van der Waals surface area contributed by atoms with E-state index in [-0.39, 0.29) is 23.6 Å². The van der Waals surface area contributed by atoms with Gasteiger partial charge in [-0.2, -0.15) is 0 Å². The normalized spacial score (nSPS) is 12.2. The highest BCUT2D eigenvalue weighted by Crippen LogP contribution is 2.24. The van der Waals surface area contributed by atoms with Gasteiger partial charge in [0.2, 0.25) is 0 Å². The average molecular weight is 348 g/mol. The highest BCUT2D eigenvalue weighted by atomic mass is 32.2. The highest BCUT2D eigenvalue weighted by Gasteiger charge is 2.25. The maximum absolute atomic E-state index is 12.4. The Kier molecular flexibility index (Phi) is 5.97. The van der Waals surface area contributed by atoms with Crippen LogP contribution in [0.4, 0.5) is 0 Å². The maximum atomic E-state index is 12.4. The number of thioether (sulfide) groups is 1. The second kappa shape index (κ2) is 7.96. The van der Waals surface area contributed by atoms with Gasteiger partial charge in [0.25, 0.3) is 5.91 Å². The number of carboxylic acids is 1. The van der Waals surface area contributed by atoms with Crippen molar-refractivity contribution in [1.82, 2.24) is 20.1 Å². The summed E-state index contributed by atoms with van der Waals surface area (Å²) in [7, 11) is 1.77. The summed E-state index contributed by atoms with van der Waals surface area (Å²) in [5.41, 5.74) is 0.575. The number of amides is 1. The predicted molar refractivity (Wildman–Crippen MR) is 90.9 cm³/mol. The molecule has 0 saturated heterocycles. The van der Waals surface area contributed by atoms with Crippen molar-refractivity contribution in [2.24, 2.45) is 13.0 Å². The smallest absolute Gasteiger partial charge is 0.313 e. The molecule has 1 aromatic heterocycles. The molecule has 0 spiro atoms. The summed E-state index contributed by atoms with van der Waals surface area (Å²) < 4.78 is 1.73. The molecule has 1 heterocycles. The van der Waals surface area contributed by atoms with Crippen LogP contribution in [0.15, 0.2) is 35.5 Å². The van der Waals surface area contributed by atoms with Gasteiger partial charge in [0.1, 0.15) is 0 Å². The number of aromatic nitrogens is 3. The monoisotopic (exact) mass is 348 g/mol. The van der Waals surface area contributed by atoms with Crippen molar-refractivity contribution in [2.45, 2.75) is 25.0 Å². The molecule has 0 bridgehead atoms. The maximum Gasteiger partial charge on any atom is 0.313 e. The number of rotatable bonds is 7. The summed E-state index contributed by atoms with van der Waals surface area (Å²) in [6.07, 6.45) is 0. The second-order valence-electron chi connectivity index (χ2n) is 5.64. The predicted octanol–water partition coefficient (Wildman–Crippen LogP) is 2.12. The SMILES string of the molecule is CC(C)C(NC(=O)c1ccccc1)c1nnc(SCC(=O)O)n1C. The van der Waals surface area contributed by atoms with Crippen LogP contribution in [-0.4, -0.2) is 37.5 Å². The Morgan fingerprint density at radius 3 is 2.50 bits per heavy atom. The van der Waals surface area contributed by atoms with E-state index in [1.165, 1.54) is 0 Å². The molecule has 24 heavy (non-hydrogen) atoms. The molecule has 0 aliphatic carbocycles. The summed E-state index contributed by atoms with van der Waals surface area (Å²) >= 11 is 1.10. The van der Waals surface area contributed by atoms with E-state index in [0.717, 1.165) is 11.8 Å². The van der Waals surface area contributed by atoms with Crippen LogP contribution >= 0.6 is 11.8 Å². The first-order chi connectivity index (χ1) is 11.4. The molecule has 128 valence electrons. The zero-order chi connectivity index (χ0) is 17.7. The quantitative estimate of drug-likeness (QED) is 0.744. The molecule has 8 heteroatoms. The Labute approximate surface area is 144 Å². The van der Waals surface area contributed by atoms with Gasteiger partial charge in [-0.05, 0) is 18.1 Å². The number of hydrogen-bond donors (Lipinski definition) is 2. The molecule has 1 aromatic carbocycles. The highest BCUT2D eigenvalue weighted by molar-refractivity contribution is 7.99. The summed E-state index contributed by atoms with van der Waals surface area (Å²) in [6.45, 7) is 3.96. The van der Waals surface area contributed by atoms with Crippen LogP contribution in [0, 0.1) is 5.92 Å². The van der Waals surface area contributed by atoms with Crippen molar-refractivity contribution in [1.29, 1.82) is 0 Å². The van der Waals surface area contributed by atoms with Crippen LogP contribution in [-0.2, 0) is 11.8 Å². The van der Waals surface area contributed by atoms with Crippen molar-refractivity contribution >= 4 is 23.6 Å². The summed E-state index contributed by atoms with van der Waals surface area (Å²) in [5, 5.41) is 20.4. The van der Waals surface area contributed by atoms with Gasteiger partial charge in [-0.1, -0.05) is 43.8 Å². The Hall–Kier alpha value is -2.35. The van der Waals surface area contributed by atoms with E-state index < -0.39 is 5.97 Å². The number of carbonyl (C=O) groups excluding carboxylic acids is 1. The van der Waals surface area contributed by atoms with E-state index >= 15 is 0 Å². The van der Waals surface area contributed by atoms with Gasteiger partial charge >= 0.3 is 5.97 Å². The van der Waals surface area contributed by atoms with Crippen LogP contribution in [0.1, 0.15) is 36.1 Å². The first-order valence-electron chi connectivity index (χ1n) is 7.50. The molecule has 1 unspecified atom stereocenters.